The summed E-state index contributed by atoms with van der Waals surface area (Å²) in [6.07, 6.45) is 1.86. The van der Waals surface area contributed by atoms with Crippen molar-refractivity contribution in [1.82, 2.24) is 9.78 Å². The predicted molar refractivity (Wildman–Crippen MR) is 76.4 cm³/mol. The van der Waals surface area contributed by atoms with Crippen LogP contribution in [0.15, 0.2) is 30.5 Å². The lowest BCUT2D eigenvalue weighted by molar-refractivity contribution is 0.415. The fraction of sp³-hybridized carbons (Fsp3) is 0.357. The molecular weight excluding hydrogens is 240 g/mol. The Hall–Kier alpha value is -2.01. The van der Waals surface area contributed by atoms with Crippen molar-refractivity contribution in [3.05, 3.63) is 41.7 Å². The van der Waals surface area contributed by atoms with Crippen molar-refractivity contribution in [3.8, 4) is 5.75 Å². The molecular formula is C14H20N4O. The molecule has 0 aliphatic rings. The second kappa shape index (κ2) is 5.75. The third-order valence-corrected chi connectivity index (χ3v) is 3.29. The van der Waals surface area contributed by atoms with Gasteiger partial charge >= 0.3 is 0 Å². The van der Waals surface area contributed by atoms with Crippen molar-refractivity contribution >= 4 is 5.69 Å². The molecule has 0 saturated heterocycles. The normalized spacial score (nSPS) is 12.2. The number of nitrogens with zero attached hydrogens (tertiary/aromatic N) is 2. The van der Waals surface area contributed by atoms with Crippen molar-refractivity contribution in [2.24, 2.45) is 12.8 Å². The summed E-state index contributed by atoms with van der Waals surface area (Å²) in [6.45, 7) is 2.54. The van der Waals surface area contributed by atoms with Crippen molar-refractivity contribution in [3.63, 3.8) is 0 Å². The minimum atomic E-state index is 0.0424. The molecule has 2 aromatic rings. The molecule has 1 aromatic heterocycles. The molecule has 2 rings (SSSR count). The Labute approximate surface area is 113 Å². The van der Waals surface area contributed by atoms with Gasteiger partial charge in [0.25, 0.3) is 0 Å². The van der Waals surface area contributed by atoms with Crippen LogP contribution >= 0.6 is 0 Å². The van der Waals surface area contributed by atoms with E-state index in [0.717, 1.165) is 22.7 Å². The van der Waals surface area contributed by atoms with E-state index in [0.29, 0.717) is 6.54 Å². The number of nitrogens with two attached hydrogens (primary N) is 1. The topological polar surface area (TPSA) is 65.1 Å². The molecule has 1 unspecified atom stereocenters. The fourth-order valence-corrected chi connectivity index (χ4v) is 2.04. The van der Waals surface area contributed by atoms with Gasteiger partial charge in [-0.2, -0.15) is 5.10 Å². The number of aromatic nitrogens is 2. The maximum atomic E-state index is 5.87. The van der Waals surface area contributed by atoms with Crippen molar-refractivity contribution in [2.45, 2.75) is 13.0 Å². The maximum absolute atomic E-state index is 5.87. The van der Waals surface area contributed by atoms with Gasteiger partial charge in [-0.3, -0.25) is 4.68 Å². The van der Waals surface area contributed by atoms with Gasteiger partial charge in [0.05, 0.1) is 19.3 Å². The minimum Gasteiger partial charge on any atom is -0.497 e. The monoisotopic (exact) mass is 260 g/mol. The van der Waals surface area contributed by atoms with Gasteiger partial charge in [-0.25, -0.2) is 0 Å². The maximum Gasteiger partial charge on any atom is 0.120 e. The number of aryl methyl sites for hydroxylation is 1. The van der Waals surface area contributed by atoms with E-state index in [1.165, 1.54) is 0 Å². The van der Waals surface area contributed by atoms with Gasteiger partial charge < -0.3 is 15.8 Å². The lowest BCUT2D eigenvalue weighted by atomic mass is 10.1. The van der Waals surface area contributed by atoms with E-state index in [4.69, 9.17) is 10.5 Å². The fourth-order valence-electron chi connectivity index (χ4n) is 2.04. The zero-order chi connectivity index (χ0) is 13.8. The quantitative estimate of drug-likeness (QED) is 0.861. The smallest absolute Gasteiger partial charge is 0.120 e. The van der Waals surface area contributed by atoms with E-state index < -0.39 is 0 Å². The number of ether oxygens (including phenoxy) is 1. The highest BCUT2D eigenvalue weighted by Crippen LogP contribution is 2.23. The Morgan fingerprint density at radius 3 is 2.84 bits per heavy atom. The third-order valence-electron chi connectivity index (χ3n) is 3.29. The van der Waals surface area contributed by atoms with E-state index in [2.05, 4.69) is 10.4 Å². The number of hydrogen-bond acceptors (Lipinski definition) is 4. The first-order chi connectivity index (χ1) is 9.15. The molecule has 0 spiro atoms. The molecule has 0 fully saturated rings. The number of anilines is 1. The molecule has 1 heterocycles. The minimum absolute atomic E-state index is 0.0424. The summed E-state index contributed by atoms with van der Waals surface area (Å²) in [5.41, 5.74) is 9.09. The van der Waals surface area contributed by atoms with Crippen LogP contribution in [0, 0.1) is 6.92 Å². The Bertz CT molecular complexity index is 550. The van der Waals surface area contributed by atoms with Crippen molar-refractivity contribution < 1.29 is 4.74 Å². The summed E-state index contributed by atoms with van der Waals surface area (Å²) in [4.78, 5) is 0. The van der Waals surface area contributed by atoms with Crippen molar-refractivity contribution in [1.29, 1.82) is 0 Å². The Balaban J connectivity index is 2.21. The summed E-state index contributed by atoms with van der Waals surface area (Å²) in [7, 11) is 3.59. The SMILES string of the molecule is COc1cccc(NC(CN)c2cnn(C)c2C)c1. The van der Waals surface area contributed by atoms with E-state index in [1.54, 1.807) is 7.11 Å². The van der Waals surface area contributed by atoms with Gasteiger partial charge in [0, 0.05) is 36.6 Å². The highest BCUT2D eigenvalue weighted by molar-refractivity contribution is 5.50. The van der Waals surface area contributed by atoms with Crippen LogP contribution in [0.2, 0.25) is 0 Å². The van der Waals surface area contributed by atoms with Crippen LogP contribution in [0.1, 0.15) is 17.3 Å². The van der Waals surface area contributed by atoms with Crippen LogP contribution in [0.4, 0.5) is 5.69 Å². The summed E-state index contributed by atoms with van der Waals surface area (Å²) in [5, 5.41) is 7.67. The zero-order valence-corrected chi connectivity index (χ0v) is 11.6. The van der Waals surface area contributed by atoms with E-state index in [-0.39, 0.29) is 6.04 Å². The zero-order valence-electron chi connectivity index (χ0n) is 11.6. The first-order valence-electron chi connectivity index (χ1n) is 6.25. The number of benzene rings is 1. The van der Waals surface area contributed by atoms with Crippen LogP contribution in [0.5, 0.6) is 5.75 Å². The van der Waals surface area contributed by atoms with Crippen LogP contribution in [-0.4, -0.2) is 23.4 Å². The summed E-state index contributed by atoms with van der Waals surface area (Å²) < 4.78 is 7.07. The van der Waals surface area contributed by atoms with E-state index >= 15 is 0 Å². The molecule has 0 aliphatic heterocycles. The van der Waals surface area contributed by atoms with Gasteiger partial charge in [-0.1, -0.05) is 6.07 Å². The van der Waals surface area contributed by atoms with Crippen LogP contribution in [-0.2, 0) is 7.05 Å². The van der Waals surface area contributed by atoms with Crippen LogP contribution < -0.4 is 15.8 Å². The second-order valence-corrected chi connectivity index (χ2v) is 4.47. The molecule has 3 N–H and O–H groups in total. The molecule has 1 atom stereocenters. The molecule has 19 heavy (non-hydrogen) atoms. The number of methoxy groups -OCH3 is 1. The molecule has 0 aliphatic carbocycles. The predicted octanol–water partition coefficient (Wildman–Crippen LogP) is 1.85. The third kappa shape index (κ3) is 2.88. The van der Waals surface area contributed by atoms with Gasteiger partial charge in [-0.05, 0) is 19.1 Å². The van der Waals surface area contributed by atoms with Crippen LogP contribution in [0.25, 0.3) is 0 Å². The standard InChI is InChI=1S/C14H20N4O/c1-10-13(9-16-18(10)2)14(8-15)17-11-5-4-6-12(7-11)19-3/h4-7,9,14,17H,8,15H2,1-3H3. The lowest BCUT2D eigenvalue weighted by Crippen LogP contribution is -2.21. The Morgan fingerprint density at radius 2 is 2.26 bits per heavy atom. The van der Waals surface area contributed by atoms with E-state index in [1.807, 2.05) is 49.1 Å². The first-order valence-corrected chi connectivity index (χ1v) is 6.25. The second-order valence-electron chi connectivity index (χ2n) is 4.47. The molecule has 0 radical (unpaired) electrons. The highest BCUT2D eigenvalue weighted by atomic mass is 16.5. The van der Waals surface area contributed by atoms with Crippen LogP contribution in [0.3, 0.4) is 0 Å². The summed E-state index contributed by atoms with van der Waals surface area (Å²) in [6, 6.07) is 7.86. The summed E-state index contributed by atoms with van der Waals surface area (Å²) >= 11 is 0. The molecule has 5 heteroatoms. The molecule has 0 bridgehead atoms. The van der Waals surface area contributed by atoms with Gasteiger partial charge in [0.15, 0.2) is 0 Å². The molecule has 102 valence electrons. The van der Waals surface area contributed by atoms with Gasteiger partial charge in [0.1, 0.15) is 5.75 Å². The average Bonchev–Trinajstić information content (AvgIpc) is 2.77. The van der Waals surface area contributed by atoms with Crippen molar-refractivity contribution in [2.75, 3.05) is 19.0 Å². The largest absolute Gasteiger partial charge is 0.497 e. The van der Waals surface area contributed by atoms with E-state index in [9.17, 15) is 0 Å². The Kier molecular flexibility index (Phi) is 4.06. The lowest BCUT2D eigenvalue weighted by Gasteiger charge is -2.18. The molecule has 0 saturated carbocycles. The first kappa shape index (κ1) is 13.4. The highest BCUT2D eigenvalue weighted by Gasteiger charge is 2.15. The van der Waals surface area contributed by atoms with Gasteiger partial charge in [-0.15, -0.1) is 0 Å². The Morgan fingerprint density at radius 1 is 1.47 bits per heavy atom. The summed E-state index contributed by atoms with van der Waals surface area (Å²) in [5.74, 6) is 0.823. The molecule has 1 aromatic carbocycles. The average molecular weight is 260 g/mol. The number of nitrogens with one attached hydrogen (secondary N) is 1. The van der Waals surface area contributed by atoms with Gasteiger partial charge in [0.2, 0.25) is 0 Å². The number of rotatable bonds is 5. The molecule has 5 nitrogen and oxygen atoms in total. The molecule has 0 amide bonds. The number of hydrogen-bond donors (Lipinski definition) is 2.